The molecule has 0 saturated heterocycles. The summed E-state index contributed by atoms with van der Waals surface area (Å²) in [6.07, 6.45) is 0.891. The lowest BCUT2D eigenvalue weighted by Gasteiger charge is -2.19. The van der Waals surface area contributed by atoms with Crippen LogP contribution in [0.15, 0.2) is 30.3 Å². The molecule has 2 rings (SSSR count). The standard InChI is InChI=1S/C14H13F3N2/c1-3-9-4-6-10(7-5-9)19(2)14-12(16)8-11(15)13(17)18-14/h4-8H,3H2,1-2H3. The van der Waals surface area contributed by atoms with Crippen LogP contribution in [0.2, 0.25) is 0 Å². The Balaban J connectivity index is 2.37. The fourth-order valence-electron chi connectivity index (χ4n) is 1.75. The Morgan fingerprint density at radius 2 is 1.68 bits per heavy atom. The van der Waals surface area contributed by atoms with Gasteiger partial charge in [0.1, 0.15) is 0 Å². The van der Waals surface area contributed by atoms with Crippen molar-refractivity contribution in [2.24, 2.45) is 0 Å². The molecule has 19 heavy (non-hydrogen) atoms. The van der Waals surface area contributed by atoms with Gasteiger partial charge < -0.3 is 4.90 Å². The highest BCUT2D eigenvalue weighted by Gasteiger charge is 2.16. The van der Waals surface area contributed by atoms with Gasteiger partial charge in [-0.25, -0.2) is 8.78 Å². The summed E-state index contributed by atoms with van der Waals surface area (Å²) < 4.78 is 39.5. The third-order valence-corrected chi connectivity index (χ3v) is 2.92. The Morgan fingerprint density at radius 3 is 2.26 bits per heavy atom. The summed E-state index contributed by atoms with van der Waals surface area (Å²) in [5, 5.41) is 0. The zero-order valence-electron chi connectivity index (χ0n) is 10.6. The van der Waals surface area contributed by atoms with Crippen molar-refractivity contribution in [1.82, 2.24) is 4.98 Å². The number of aromatic nitrogens is 1. The van der Waals surface area contributed by atoms with Gasteiger partial charge in [-0.15, -0.1) is 0 Å². The maximum absolute atomic E-state index is 13.6. The van der Waals surface area contributed by atoms with E-state index in [1.54, 1.807) is 19.2 Å². The Hall–Kier alpha value is -2.04. The van der Waals surface area contributed by atoms with Crippen LogP contribution in [0.25, 0.3) is 0 Å². The van der Waals surface area contributed by atoms with E-state index in [0.717, 1.165) is 12.0 Å². The molecule has 0 fully saturated rings. The van der Waals surface area contributed by atoms with Gasteiger partial charge in [-0.2, -0.15) is 9.37 Å². The van der Waals surface area contributed by atoms with E-state index in [1.165, 1.54) is 4.90 Å². The van der Waals surface area contributed by atoms with Crippen molar-refractivity contribution >= 4 is 11.5 Å². The lowest BCUT2D eigenvalue weighted by Crippen LogP contribution is -2.14. The van der Waals surface area contributed by atoms with Gasteiger partial charge >= 0.3 is 0 Å². The highest BCUT2D eigenvalue weighted by Crippen LogP contribution is 2.25. The van der Waals surface area contributed by atoms with Crippen molar-refractivity contribution in [3.8, 4) is 0 Å². The molecule has 5 heteroatoms. The van der Waals surface area contributed by atoms with Gasteiger partial charge in [0.15, 0.2) is 17.5 Å². The first-order valence-electron chi connectivity index (χ1n) is 5.87. The molecule has 1 heterocycles. The quantitative estimate of drug-likeness (QED) is 0.785. The van der Waals surface area contributed by atoms with Gasteiger partial charge in [-0.3, -0.25) is 0 Å². The van der Waals surface area contributed by atoms with E-state index in [2.05, 4.69) is 4.98 Å². The van der Waals surface area contributed by atoms with Crippen molar-refractivity contribution in [3.63, 3.8) is 0 Å². The second-order valence-corrected chi connectivity index (χ2v) is 4.15. The van der Waals surface area contributed by atoms with Crippen LogP contribution in [0.1, 0.15) is 12.5 Å². The van der Waals surface area contributed by atoms with E-state index in [1.807, 2.05) is 19.1 Å². The number of pyridine rings is 1. The predicted molar refractivity (Wildman–Crippen MR) is 68.0 cm³/mol. The van der Waals surface area contributed by atoms with Crippen molar-refractivity contribution in [2.45, 2.75) is 13.3 Å². The Bertz CT molecular complexity index is 582. The molecule has 0 N–H and O–H groups in total. The van der Waals surface area contributed by atoms with Crippen molar-refractivity contribution in [3.05, 3.63) is 53.5 Å². The SMILES string of the molecule is CCc1ccc(N(C)c2nc(F)c(F)cc2F)cc1. The number of halogens is 3. The van der Waals surface area contributed by atoms with Crippen LogP contribution in [0.5, 0.6) is 0 Å². The number of nitrogens with zero attached hydrogens (tertiary/aromatic N) is 2. The first kappa shape index (κ1) is 13.4. The number of anilines is 2. The minimum Gasteiger partial charge on any atom is -0.327 e. The number of rotatable bonds is 3. The molecule has 2 aromatic rings. The number of hydrogen-bond acceptors (Lipinski definition) is 2. The van der Waals surface area contributed by atoms with E-state index in [0.29, 0.717) is 11.8 Å². The van der Waals surface area contributed by atoms with Gasteiger partial charge in [0, 0.05) is 18.8 Å². The lowest BCUT2D eigenvalue weighted by molar-refractivity contribution is 0.465. The van der Waals surface area contributed by atoms with Crippen LogP contribution >= 0.6 is 0 Å². The van der Waals surface area contributed by atoms with Gasteiger partial charge in [0.2, 0.25) is 0 Å². The zero-order valence-corrected chi connectivity index (χ0v) is 10.6. The normalized spacial score (nSPS) is 10.6. The number of hydrogen-bond donors (Lipinski definition) is 0. The molecule has 0 spiro atoms. The summed E-state index contributed by atoms with van der Waals surface area (Å²) in [6, 6.07) is 7.84. The van der Waals surface area contributed by atoms with Crippen molar-refractivity contribution in [1.29, 1.82) is 0 Å². The molecule has 0 amide bonds. The fourth-order valence-corrected chi connectivity index (χ4v) is 1.75. The molecular formula is C14H13F3N2. The molecular weight excluding hydrogens is 253 g/mol. The van der Waals surface area contributed by atoms with Gasteiger partial charge in [-0.1, -0.05) is 19.1 Å². The molecule has 0 aliphatic heterocycles. The van der Waals surface area contributed by atoms with E-state index in [4.69, 9.17) is 0 Å². The topological polar surface area (TPSA) is 16.1 Å². The van der Waals surface area contributed by atoms with Crippen molar-refractivity contribution < 1.29 is 13.2 Å². The number of benzene rings is 1. The molecule has 0 atom stereocenters. The maximum atomic E-state index is 13.6. The summed E-state index contributed by atoms with van der Waals surface area (Å²) in [5.74, 6) is -3.76. The van der Waals surface area contributed by atoms with Crippen molar-refractivity contribution in [2.75, 3.05) is 11.9 Å². The summed E-state index contributed by atoms with van der Waals surface area (Å²) in [6.45, 7) is 2.02. The van der Waals surface area contributed by atoms with E-state index < -0.39 is 17.6 Å². The Kier molecular flexibility index (Phi) is 3.74. The van der Waals surface area contributed by atoms with Crippen LogP contribution in [-0.2, 0) is 6.42 Å². The monoisotopic (exact) mass is 266 g/mol. The molecule has 0 bridgehead atoms. The summed E-state index contributed by atoms with van der Waals surface area (Å²) in [5.41, 5.74) is 1.78. The van der Waals surface area contributed by atoms with Gasteiger partial charge in [-0.05, 0) is 24.1 Å². The first-order chi connectivity index (χ1) is 9.02. The average Bonchev–Trinajstić information content (AvgIpc) is 2.42. The highest BCUT2D eigenvalue weighted by molar-refractivity contribution is 5.59. The molecule has 0 radical (unpaired) electrons. The maximum Gasteiger partial charge on any atom is 0.251 e. The van der Waals surface area contributed by atoms with Crippen LogP contribution in [0, 0.1) is 17.6 Å². The van der Waals surface area contributed by atoms with E-state index >= 15 is 0 Å². The summed E-state index contributed by atoms with van der Waals surface area (Å²) >= 11 is 0. The number of aryl methyl sites for hydroxylation is 1. The van der Waals surface area contributed by atoms with Crippen LogP contribution in [-0.4, -0.2) is 12.0 Å². The van der Waals surface area contributed by atoms with Crippen LogP contribution < -0.4 is 4.90 Å². The van der Waals surface area contributed by atoms with Gasteiger partial charge in [0.25, 0.3) is 5.95 Å². The second-order valence-electron chi connectivity index (χ2n) is 4.15. The Labute approximate surface area is 109 Å². The third kappa shape index (κ3) is 2.70. The fraction of sp³-hybridized carbons (Fsp3) is 0.214. The zero-order chi connectivity index (χ0) is 14.0. The van der Waals surface area contributed by atoms with Crippen LogP contribution in [0.3, 0.4) is 0 Å². The Morgan fingerprint density at radius 1 is 1.05 bits per heavy atom. The molecule has 1 aromatic carbocycles. The minimum absolute atomic E-state index is 0.247. The molecule has 0 aliphatic rings. The van der Waals surface area contributed by atoms with Crippen LogP contribution in [0.4, 0.5) is 24.7 Å². The molecule has 0 aliphatic carbocycles. The molecule has 0 saturated carbocycles. The van der Waals surface area contributed by atoms with E-state index in [-0.39, 0.29) is 5.82 Å². The molecule has 1 aromatic heterocycles. The molecule has 2 nitrogen and oxygen atoms in total. The largest absolute Gasteiger partial charge is 0.327 e. The summed E-state index contributed by atoms with van der Waals surface area (Å²) in [4.78, 5) is 4.67. The molecule has 100 valence electrons. The molecule has 0 unspecified atom stereocenters. The summed E-state index contributed by atoms with van der Waals surface area (Å²) in [7, 11) is 1.55. The van der Waals surface area contributed by atoms with E-state index in [9.17, 15) is 13.2 Å². The minimum atomic E-state index is -1.31. The second kappa shape index (κ2) is 5.30. The third-order valence-electron chi connectivity index (χ3n) is 2.92. The average molecular weight is 266 g/mol. The first-order valence-corrected chi connectivity index (χ1v) is 5.87. The highest BCUT2D eigenvalue weighted by atomic mass is 19.2. The predicted octanol–water partition coefficient (Wildman–Crippen LogP) is 3.83. The van der Waals surface area contributed by atoms with Gasteiger partial charge in [0.05, 0.1) is 0 Å². The lowest BCUT2D eigenvalue weighted by atomic mass is 10.1. The smallest absolute Gasteiger partial charge is 0.251 e.